The summed E-state index contributed by atoms with van der Waals surface area (Å²) in [6.45, 7) is 4.91. The van der Waals surface area contributed by atoms with Gasteiger partial charge in [-0.05, 0) is 6.92 Å². The number of carbonyl (C=O) groups excluding carboxylic acids is 3. The number of carbonyl (C=O) groups is 3. The SMILES string of the molecule is C=C(C)C(=O)OCCOC(=O)CCC=O. The van der Waals surface area contributed by atoms with Crippen LogP contribution in [-0.2, 0) is 23.9 Å². The molecular weight excluding hydrogens is 200 g/mol. The number of esters is 2. The lowest BCUT2D eigenvalue weighted by atomic mass is 10.3. The largest absolute Gasteiger partial charge is 0.462 e. The monoisotopic (exact) mass is 214 g/mol. The van der Waals surface area contributed by atoms with Crippen molar-refractivity contribution in [1.82, 2.24) is 0 Å². The number of rotatable bonds is 7. The third kappa shape index (κ3) is 7.42. The number of hydrogen-bond acceptors (Lipinski definition) is 5. The lowest BCUT2D eigenvalue weighted by Crippen LogP contribution is -2.14. The Morgan fingerprint density at radius 3 is 2.40 bits per heavy atom. The minimum atomic E-state index is -0.515. The smallest absolute Gasteiger partial charge is 0.333 e. The van der Waals surface area contributed by atoms with Crippen LogP contribution in [0.4, 0.5) is 0 Å². The quantitative estimate of drug-likeness (QED) is 0.269. The highest BCUT2D eigenvalue weighted by atomic mass is 16.6. The van der Waals surface area contributed by atoms with Crippen LogP contribution in [0.5, 0.6) is 0 Å². The first-order chi connectivity index (χ1) is 7.07. The van der Waals surface area contributed by atoms with Crippen molar-refractivity contribution in [2.24, 2.45) is 0 Å². The van der Waals surface area contributed by atoms with Gasteiger partial charge in [-0.2, -0.15) is 0 Å². The number of ether oxygens (including phenoxy) is 2. The molecule has 0 radical (unpaired) electrons. The van der Waals surface area contributed by atoms with Gasteiger partial charge < -0.3 is 14.3 Å². The summed E-state index contributed by atoms with van der Waals surface area (Å²) in [5, 5.41) is 0. The van der Waals surface area contributed by atoms with Crippen LogP contribution in [-0.4, -0.2) is 31.4 Å². The first-order valence-electron chi connectivity index (χ1n) is 4.49. The summed E-state index contributed by atoms with van der Waals surface area (Å²) in [5.41, 5.74) is 0.294. The minimum absolute atomic E-state index is 0.00147. The lowest BCUT2D eigenvalue weighted by molar-refractivity contribution is -0.150. The van der Waals surface area contributed by atoms with Crippen molar-refractivity contribution in [1.29, 1.82) is 0 Å². The predicted molar refractivity (Wildman–Crippen MR) is 52.0 cm³/mol. The van der Waals surface area contributed by atoms with Gasteiger partial charge in [0.25, 0.3) is 0 Å². The molecule has 5 nitrogen and oxygen atoms in total. The summed E-state index contributed by atoms with van der Waals surface area (Å²) >= 11 is 0. The fourth-order valence-electron chi connectivity index (χ4n) is 0.662. The molecule has 0 saturated heterocycles. The van der Waals surface area contributed by atoms with E-state index in [1.54, 1.807) is 0 Å². The predicted octanol–water partition coefficient (Wildman–Crippen LogP) is 0.628. The van der Waals surface area contributed by atoms with E-state index in [4.69, 9.17) is 0 Å². The Morgan fingerprint density at radius 2 is 1.87 bits per heavy atom. The zero-order valence-corrected chi connectivity index (χ0v) is 8.65. The Labute approximate surface area is 88.0 Å². The fourth-order valence-corrected chi connectivity index (χ4v) is 0.662. The first kappa shape index (κ1) is 13.4. The maximum Gasteiger partial charge on any atom is 0.333 e. The van der Waals surface area contributed by atoms with E-state index in [2.05, 4.69) is 16.1 Å². The van der Waals surface area contributed by atoms with Crippen LogP contribution < -0.4 is 0 Å². The molecule has 0 aliphatic heterocycles. The highest BCUT2D eigenvalue weighted by Gasteiger charge is 2.04. The molecule has 15 heavy (non-hydrogen) atoms. The molecule has 0 bridgehead atoms. The van der Waals surface area contributed by atoms with Gasteiger partial charge in [-0.3, -0.25) is 4.79 Å². The average Bonchev–Trinajstić information content (AvgIpc) is 2.20. The lowest BCUT2D eigenvalue weighted by Gasteiger charge is -2.05. The van der Waals surface area contributed by atoms with Crippen LogP contribution in [0.15, 0.2) is 12.2 Å². The molecule has 5 heteroatoms. The maximum absolute atomic E-state index is 10.9. The van der Waals surface area contributed by atoms with Crippen molar-refractivity contribution in [3.8, 4) is 0 Å². The second-order valence-corrected chi connectivity index (χ2v) is 2.84. The molecule has 0 rings (SSSR count). The molecule has 0 aliphatic rings. The molecule has 0 aromatic rings. The maximum atomic E-state index is 10.9. The molecule has 0 atom stereocenters. The molecule has 0 N–H and O–H groups in total. The Hall–Kier alpha value is -1.65. The van der Waals surface area contributed by atoms with Crippen molar-refractivity contribution in [3.05, 3.63) is 12.2 Å². The second-order valence-electron chi connectivity index (χ2n) is 2.84. The standard InChI is InChI=1S/C10H14O5/c1-8(2)10(13)15-7-6-14-9(12)4-3-5-11/h5H,1,3-4,6-7H2,2H3. The molecule has 0 spiro atoms. The van der Waals surface area contributed by atoms with Crippen LogP contribution in [0.1, 0.15) is 19.8 Å². The van der Waals surface area contributed by atoms with Gasteiger partial charge in [-0.25, -0.2) is 4.79 Å². The molecule has 0 fully saturated rings. The van der Waals surface area contributed by atoms with Crippen molar-refractivity contribution in [2.75, 3.05) is 13.2 Å². The van der Waals surface area contributed by atoms with E-state index in [9.17, 15) is 14.4 Å². The highest BCUT2D eigenvalue weighted by molar-refractivity contribution is 5.86. The van der Waals surface area contributed by atoms with Gasteiger partial charge in [0.2, 0.25) is 0 Å². The van der Waals surface area contributed by atoms with E-state index < -0.39 is 11.9 Å². The number of hydrogen-bond donors (Lipinski definition) is 0. The second kappa shape index (κ2) is 7.73. The molecule has 0 saturated carbocycles. The molecule has 0 aliphatic carbocycles. The van der Waals surface area contributed by atoms with E-state index in [0.717, 1.165) is 0 Å². The minimum Gasteiger partial charge on any atom is -0.462 e. The van der Waals surface area contributed by atoms with E-state index in [1.807, 2.05) is 0 Å². The van der Waals surface area contributed by atoms with E-state index >= 15 is 0 Å². The summed E-state index contributed by atoms with van der Waals surface area (Å²) in [6.07, 6.45) is 0.838. The molecular formula is C10H14O5. The zero-order valence-electron chi connectivity index (χ0n) is 8.65. The topological polar surface area (TPSA) is 69.7 Å². The van der Waals surface area contributed by atoms with Gasteiger partial charge in [0.05, 0.1) is 6.42 Å². The van der Waals surface area contributed by atoms with Crippen LogP contribution >= 0.6 is 0 Å². The molecule has 0 aromatic carbocycles. The van der Waals surface area contributed by atoms with Crippen molar-refractivity contribution >= 4 is 18.2 Å². The molecule has 0 amide bonds. The molecule has 0 aromatic heterocycles. The summed E-state index contributed by atoms with van der Waals surface area (Å²) < 4.78 is 9.34. The summed E-state index contributed by atoms with van der Waals surface area (Å²) in [5.74, 6) is -0.993. The van der Waals surface area contributed by atoms with Crippen LogP contribution in [0.2, 0.25) is 0 Å². The average molecular weight is 214 g/mol. The molecule has 84 valence electrons. The van der Waals surface area contributed by atoms with Gasteiger partial charge >= 0.3 is 11.9 Å². The summed E-state index contributed by atoms with van der Waals surface area (Å²) in [4.78, 5) is 31.6. The van der Waals surface area contributed by atoms with Gasteiger partial charge in [-0.15, -0.1) is 0 Å². The van der Waals surface area contributed by atoms with Crippen molar-refractivity contribution in [2.45, 2.75) is 19.8 Å². The summed E-state index contributed by atoms with van der Waals surface area (Å²) in [7, 11) is 0. The van der Waals surface area contributed by atoms with Gasteiger partial charge in [0, 0.05) is 12.0 Å². The normalized spacial score (nSPS) is 9.13. The molecule has 0 heterocycles. The van der Waals surface area contributed by atoms with E-state index in [1.165, 1.54) is 6.92 Å². The van der Waals surface area contributed by atoms with Gasteiger partial charge in [0.15, 0.2) is 0 Å². The first-order valence-corrected chi connectivity index (χ1v) is 4.49. The van der Waals surface area contributed by atoms with E-state index in [-0.39, 0.29) is 26.1 Å². The van der Waals surface area contributed by atoms with Gasteiger partial charge in [-0.1, -0.05) is 6.58 Å². The van der Waals surface area contributed by atoms with Crippen LogP contribution in [0.25, 0.3) is 0 Å². The summed E-state index contributed by atoms with van der Waals surface area (Å²) in [6, 6.07) is 0. The third-order valence-corrected chi connectivity index (χ3v) is 1.39. The highest BCUT2D eigenvalue weighted by Crippen LogP contribution is 1.93. The zero-order chi connectivity index (χ0) is 11.7. The number of aldehydes is 1. The van der Waals surface area contributed by atoms with Crippen LogP contribution in [0.3, 0.4) is 0 Å². The van der Waals surface area contributed by atoms with Crippen LogP contribution in [0, 0.1) is 0 Å². The van der Waals surface area contributed by atoms with E-state index in [0.29, 0.717) is 11.9 Å². The Balaban J connectivity index is 3.46. The Morgan fingerprint density at radius 1 is 1.27 bits per heavy atom. The fraction of sp³-hybridized carbons (Fsp3) is 0.500. The molecule has 0 unspecified atom stereocenters. The van der Waals surface area contributed by atoms with Crippen molar-refractivity contribution in [3.63, 3.8) is 0 Å². The Kier molecular flexibility index (Phi) is 6.88. The third-order valence-electron chi connectivity index (χ3n) is 1.39. The Bertz CT molecular complexity index is 257. The van der Waals surface area contributed by atoms with Crippen molar-refractivity contribution < 1.29 is 23.9 Å². The van der Waals surface area contributed by atoms with Gasteiger partial charge in [0.1, 0.15) is 19.5 Å².